The van der Waals surface area contributed by atoms with Gasteiger partial charge in [-0.2, -0.15) is 5.26 Å². The van der Waals surface area contributed by atoms with Crippen LogP contribution in [0.4, 0.5) is 0 Å². The van der Waals surface area contributed by atoms with Crippen LogP contribution in [-0.2, 0) is 0 Å². The highest BCUT2D eigenvalue weighted by Crippen LogP contribution is 2.16. The topological polar surface area (TPSA) is 23.8 Å². The van der Waals surface area contributed by atoms with Gasteiger partial charge in [0, 0.05) is 0 Å². The average Bonchev–Trinajstić information content (AvgIpc) is 2.26. The molecule has 15 heavy (non-hydrogen) atoms. The molecule has 0 saturated carbocycles. The van der Waals surface area contributed by atoms with Crippen LogP contribution in [0.15, 0.2) is 47.6 Å². The van der Waals surface area contributed by atoms with Crippen molar-refractivity contribution in [2.24, 2.45) is 0 Å². The molecule has 0 aromatic rings. The summed E-state index contributed by atoms with van der Waals surface area (Å²) in [6.07, 6.45) is 10.0. The number of unbranched alkanes of at least 4 members (excludes halogenated alkanes) is 1. The number of rotatable bonds is 5. The predicted molar refractivity (Wildman–Crippen MR) is 66.3 cm³/mol. The van der Waals surface area contributed by atoms with Crippen molar-refractivity contribution in [3.05, 3.63) is 47.6 Å². The van der Waals surface area contributed by atoms with Gasteiger partial charge in [-0.1, -0.05) is 44.2 Å². The first kappa shape index (κ1) is 13.5. The second-order valence-corrected chi connectivity index (χ2v) is 3.29. The largest absolute Gasteiger partial charge is 0.192 e. The lowest BCUT2D eigenvalue weighted by atomic mass is 10.0. The van der Waals surface area contributed by atoms with Crippen molar-refractivity contribution in [3.8, 4) is 6.07 Å². The lowest BCUT2D eigenvalue weighted by Gasteiger charge is -2.03. The zero-order valence-electron chi connectivity index (χ0n) is 9.88. The SMILES string of the molecule is C=C\C(C#N)=C(C)/C(=C\C)/C=C/CCC. The van der Waals surface area contributed by atoms with E-state index in [2.05, 4.69) is 31.7 Å². The Kier molecular flexibility index (Phi) is 7.01. The van der Waals surface area contributed by atoms with Crippen molar-refractivity contribution in [2.45, 2.75) is 33.6 Å². The molecule has 1 heteroatoms. The lowest BCUT2D eigenvalue weighted by molar-refractivity contribution is 0.957. The quantitative estimate of drug-likeness (QED) is 0.480. The van der Waals surface area contributed by atoms with E-state index < -0.39 is 0 Å². The number of allylic oxidation sites excluding steroid dienone is 7. The lowest BCUT2D eigenvalue weighted by Crippen LogP contribution is -1.86. The molecule has 0 rings (SSSR count). The Labute approximate surface area is 93.1 Å². The van der Waals surface area contributed by atoms with Crippen molar-refractivity contribution in [1.82, 2.24) is 0 Å². The first-order valence-corrected chi connectivity index (χ1v) is 5.27. The van der Waals surface area contributed by atoms with E-state index in [0.29, 0.717) is 5.57 Å². The zero-order chi connectivity index (χ0) is 11.7. The molecule has 0 spiro atoms. The van der Waals surface area contributed by atoms with Gasteiger partial charge in [0.25, 0.3) is 0 Å². The van der Waals surface area contributed by atoms with Crippen LogP contribution in [0.1, 0.15) is 33.6 Å². The van der Waals surface area contributed by atoms with Gasteiger partial charge < -0.3 is 0 Å². The Bertz CT molecular complexity index is 335. The van der Waals surface area contributed by atoms with Crippen LogP contribution in [0.3, 0.4) is 0 Å². The van der Waals surface area contributed by atoms with Gasteiger partial charge in [0.05, 0.1) is 11.6 Å². The van der Waals surface area contributed by atoms with Crippen LogP contribution in [-0.4, -0.2) is 0 Å². The molecule has 0 fully saturated rings. The molecular formula is C14H19N. The van der Waals surface area contributed by atoms with Crippen LogP contribution in [0.5, 0.6) is 0 Å². The van der Waals surface area contributed by atoms with E-state index in [-0.39, 0.29) is 0 Å². The van der Waals surface area contributed by atoms with E-state index in [1.54, 1.807) is 6.08 Å². The van der Waals surface area contributed by atoms with Gasteiger partial charge in [-0.05, 0) is 31.4 Å². The fourth-order valence-electron chi connectivity index (χ4n) is 1.25. The minimum atomic E-state index is 0.643. The summed E-state index contributed by atoms with van der Waals surface area (Å²) in [6, 6.07) is 2.14. The van der Waals surface area contributed by atoms with E-state index in [9.17, 15) is 0 Å². The number of nitrogens with zero attached hydrogens (tertiary/aromatic N) is 1. The summed E-state index contributed by atoms with van der Waals surface area (Å²) in [5, 5.41) is 8.88. The summed E-state index contributed by atoms with van der Waals surface area (Å²) in [6.45, 7) is 9.71. The van der Waals surface area contributed by atoms with E-state index in [4.69, 9.17) is 5.26 Å². The summed E-state index contributed by atoms with van der Waals surface area (Å²) < 4.78 is 0. The highest BCUT2D eigenvalue weighted by molar-refractivity contribution is 5.49. The molecule has 0 atom stereocenters. The van der Waals surface area contributed by atoms with Crippen LogP contribution in [0.25, 0.3) is 0 Å². The highest BCUT2D eigenvalue weighted by Gasteiger charge is 2.00. The smallest absolute Gasteiger partial charge is 0.0994 e. The summed E-state index contributed by atoms with van der Waals surface area (Å²) in [7, 11) is 0. The fraction of sp³-hybridized carbons (Fsp3) is 0.357. The van der Waals surface area contributed by atoms with E-state index in [1.165, 1.54) is 0 Å². The van der Waals surface area contributed by atoms with Gasteiger partial charge in [0.1, 0.15) is 0 Å². The summed E-state index contributed by atoms with van der Waals surface area (Å²) in [4.78, 5) is 0. The van der Waals surface area contributed by atoms with Crippen molar-refractivity contribution < 1.29 is 0 Å². The van der Waals surface area contributed by atoms with Gasteiger partial charge in [-0.3, -0.25) is 0 Å². The summed E-state index contributed by atoms with van der Waals surface area (Å²) in [5.74, 6) is 0. The molecule has 0 aromatic carbocycles. The standard InChI is InChI=1S/C14H19N/c1-5-8-9-10-13(6-2)12(4)14(7-3)11-15/h6-7,9-10H,3,5,8H2,1-2,4H3/b10-9+,13-6-,14-12+. The van der Waals surface area contributed by atoms with Crippen LogP contribution < -0.4 is 0 Å². The van der Waals surface area contributed by atoms with Gasteiger partial charge >= 0.3 is 0 Å². The maximum atomic E-state index is 8.88. The fourth-order valence-corrected chi connectivity index (χ4v) is 1.25. The predicted octanol–water partition coefficient (Wildman–Crippen LogP) is 4.32. The summed E-state index contributed by atoms with van der Waals surface area (Å²) >= 11 is 0. The van der Waals surface area contributed by atoms with E-state index in [1.807, 2.05) is 19.9 Å². The molecule has 0 N–H and O–H groups in total. The van der Waals surface area contributed by atoms with Crippen molar-refractivity contribution in [1.29, 1.82) is 5.26 Å². The first-order valence-electron chi connectivity index (χ1n) is 5.27. The molecule has 0 unspecified atom stereocenters. The third-order valence-electron chi connectivity index (χ3n) is 2.23. The Morgan fingerprint density at radius 3 is 2.53 bits per heavy atom. The Hall–Kier alpha value is -1.55. The van der Waals surface area contributed by atoms with Gasteiger partial charge in [-0.15, -0.1) is 0 Å². The summed E-state index contributed by atoms with van der Waals surface area (Å²) in [5.41, 5.74) is 2.73. The van der Waals surface area contributed by atoms with Crippen molar-refractivity contribution in [2.75, 3.05) is 0 Å². The number of nitriles is 1. The zero-order valence-corrected chi connectivity index (χ0v) is 9.88. The van der Waals surface area contributed by atoms with Crippen LogP contribution in [0.2, 0.25) is 0 Å². The molecule has 0 bridgehead atoms. The van der Waals surface area contributed by atoms with Gasteiger partial charge in [0.2, 0.25) is 0 Å². The van der Waals surface area contributed by atoms with Gasteiger partial charge in [0.15, 0.2) is 0 Å². The maximum absolute atomic E-state index is 8.88. The number of hydrogen-bond donors (Lipinski definition) is 0. The molecule has 1 nitrogen and oxygen atoms in total. The minimum Gasteiger partial charge on any atom is -0.192 e. The average molecular weight is 201 g/mol. The van der Waals surface area contributed by atoms with Crippen LogP contribution in [0, 0.1) is 11.3 Å². The second kappa shape index (κ2) is 7.82. The first-order chi connectivity index (χ1) is 7.21. The maximum Gasteiger partial charge on any atom is 0.0994 e. The number of hydrogen-bond acceptors (Lipinski definition) is 1. The third kappa shape index (κ3) is 4.46. The van der Waals surface area contributed by atoms with Gasteiger partial charge in [-0.25, -0.2) is 0 Å². The normalized spacial score (nSPS) is 13.6. The van der Waals surface area contributed by atoms with E-state index in [0.717, 1.165) is 24.0 Å². The van der Waals surface area contributed by atoms with Crippen molar-refractivity contribution in [3.63, 3.8) is 0 Å². The minimum absolute atomic E-state index is 0.643. The monoisotopic (exact) mass is 201 g/mol. The molecule has 0 aliphatic carbocycles. The van der Waals surface area contributed by atoms with E-state index >= 15 is 0 Å². The molecule has 0 amide bonds. The molecule has 0 saturated heterocycles. The Morgan fingerprint density at radius 2 is 2.13 bits per heavy atom. The Balaban J connectivity index is 4.94. The highest BCUT2D eigenvalue weighted by atomic mass is 14.2. The molecule has 0 radical (unpaired) electrons. The molecule has 0 aliphatic rings. The molecule has 0 heterocycles. The van der Waals surface area contributed by atoms with Crippen molar-refractivity contribution >= 4 is 0 Å². The molecule has 0 aromatic heterocycles. The molecular weight excluding hydrogens is 182 g/mol. The van der Waals surface area contributed by atoms with Crippen LogP contribution >= 0.6 is 0 Å². The second-order valence-electron chi connectivity index (χ2n) is 3.29. The molecule has 80 valence electrons. The third-order valence-corrected chi connectivity index (χ3v) is 2.23. The molecule has 0 aliphatic heterocycles. The Morgan fingerprint density at radius 1 is 1.47 bits per heavy atom.